The number of hydrogen-bond donors (Lipinski definition) is 3. The summed E-state index contributed by atoms with van der Waals surface area (Å²) >= 11 is 0. The molecule has 2 aliphatic rings. The van der Waals surface area contributed by atoms with Crippen LogP contribution in [0.15, 0.2) is 59.5 Å². The summed E-state index contributed by atoms with van der Waals surface area (Å²) in [6, 6.07) is 13.6. The van der Waals surface area contributed by atoms with E-state index >= 15 is 0 Å². The highest BCUT2D eigenvalue weighted by Crippen LogP contribution is 2.45. The van der Waals surface area contributed by atoms with Gasteiger partial charge in [-0.3, -0.25) is 10.0 Å². The molecule has 1 fully saturated rings. The second-order valence-electron chi connectivity index (χ2n) is 7.83. The first-order valence-electron chi connectivity index (χ1n) is 10.0. The summed E-state index contributed by atoms with van der Waals surface area (Å²) in [6.07, 6.45) is 3.27. The number of aliphatic hydroxyl groups excluding tert-OH is 1. The number of ether oxygens (including phenoxy) is 1. The lowest BCUT2D eigenvalue weighted by Crippen LogP contribution is -2.51. The van der Waals surface area contributed by atoms with E-state index in [1.165, 1.54) is 21.9 Å². The van der Waals surface area contributed by atoms with Gasteiger partial charge in [-0.25, -0.2) is 13.9 Å². The maximum absolute atomic E-state index is 12.9. The van der Waals surface area contributed by atoms with Crippen molar-refractivity contribution in [2.24, 2.45) is 0 Å². The summed E-state index contributed by atoms with van der Waals surface area (Å²) < 4.78 is 33.5. The van der Waals surface area contributed by atoms with Crippen LogP contribution in [-0.4, -0.2) is 47.6 Å². The molecule has 1 spiro atoms. The van der Waals surface area contributed by atoms with Crippen LogP contribution in [0.5, 0.6) is 5.75 Å². The van der Waals surface area contributed by atoms with Gasteiger partial charge in [-0.15, -0.1) is 0 Å². The number of aliphatic hydroxyl groups is 1. The Bertz CT molecular complexity index is 1090. The number of nitrogens with one attached hydrogen (secondary N) is 1. The van der Waals surface area contributed by atoms with Crippen molar-refractivity contribution >= 4 is 22.0 Å². The Labute approximate surface area is 180 Å². The SMILES string of the molecule is O=C(/C=C/c1ccc2c(c1)C(O)CC1(CCN(S(=O)(=O)c3ccccc3)CC1)O2)NO. The smallest absolute Gasteiger partial charge is 0.267 e. The quantitative estimate of drug-likeness (QED) is 0.378. The molecule has 0 bridgehead atoms. The number of benzene rings is 2. The molecule has 0 saturated carbocycles. The zero-order chi connectivity index (χ0) is 22.1. The molecule has 2 heterocycles. The molecular formula is C22H24N2O6S. The largest absolute Gasteiger partial charge is 0.487 e. The van der Waals surface area contributed by atoms with E-state index in [1.54, 1.807) is 48.5 Å². The highest BCUT2D eigenvalue weighted by Gasteiger charge is 2.45. The Morgan fingerprint density at radius 2 is 1.87 bits per heavy atom. The molecule has 1 saturated heterocycles. The number of carbonyl (C=O) groups excluding carboxylic acids is 1. The van der Waals surface area contributed by atoms with Crippen molar-refractivity contribution < 1.29 is 28.3 Å². The zero-order valence-electron chi connectivity index (χ0n) is 16.8. The predicted molar refractivity (Wildman–Crippen MR) is 113 cm³/mol. The van der Waals surface area contributed by atoms with Crippen molar-refractivity contribution in [3.8, 4) is 5.75 Å². The van der Waals surface area contributed by atoms with Gasteiger partial charge in [-0.05, 0) is 35.9 Å². The molecular weight excluding hydrogens is 420 g/mol. The third-order valence-electron chi connectivity index (χ3n) is 5.84. The molecule has 2 aromatic rings. The van der Waals surface area contributed by atoms with Gasteiger partial charge in [0, 0.05) is 44.0 Å². The fourth-order valence-electron chi connectivity index (χ4n) is 4.15. The van der Waals surface area contributed by atoms with Gasteiger partial charge in [0.05, 0.1) is 11.0 Å². The monoisotopic (exact) mass is 444 g/mol. The molecule has 2 aliphatic heterocycles. The van der Waals surface area contributed by atoms with Gasteiger partial charge < -0.3 is 9.84 Å². The first-order valence-corrected chi connectivity index (χ1v) is 11.5. The van der Waals surface area contributed by atoms with Crippen molar-refractivity contribution in [2.75, 3.05) is 13.1 Å². The Hall–Kier alpha value is -2.72. The first kappa shape index (κ1) is 21.5. The minimum atomic E-state index is -3.56. The number of hydrogen-bond acceptors (Lipinski definition) is 6. The second-order valence-corrected chi connectivity index (χ2v) is 9.77. The van der Waals surface area contributed by atoms with Crippen LogP contribution in [-0.2, 0) is 14.8 Å². The summed E-state index contributed by atoms with van der Waals surface area (Å²) in [4.78, 5) is 11.4. The van der Waals surface area contributed by atoms with Crippen molar-refractivity contribution in [1.82, 2.24) is 9.79 Å². The topological polar surface area (TPSA) is 116 Å². The van der Waals surface area contributed by atoms with Gasteiger partial charge in [0.25, 0.3) is 5.91 Å². The van der Waals surface area contributed by atoms with Crippen molar-refractivity contribution in [1.29, 1.82) is 0 Å². The summed E-state index contributed by atoms with van der Waals surface area (Å²) in [5.74, 6) is -0.0902. The number of fused-ring (bicyclic) bond motifs is 1. The number of carbonyl (C=O) groups is 1. The van der Waals surface area contributed by atoms with E-state index in [9.17, 15) is 18.3 Å². The lowest BCUT2D eigenvalue weighted by Gasteiger charge is -2.45. The maximum atomic E-state index is 12.9. The summed E-state index contributed by atoms with van der Waals surface area (Å²) in [6.45, 7) is 0.632. The molecule has 164 valence electrons. The lowest BCUT2D eigenvalue weighted by molar-refractivity contribution is -0.124. The van der Waals surface area contributed by atoms with Gasteiger partial charge >= 0.3 is 0 Å². The molecule has 8 nitrogen and oxygen atoms in total. The van der Waals surface area contributed by atoms with E-state index < -0.39 is 27.6 Å². The molecule has 0 aromatic heterocycles. The second kappa shape index (κ2) is 8.43. The minimum Gasteiger partial charge on any atom is -0.487 e. The Balaban J connectivity index is 1.48. The highest BCUT2D eigenvalue weighted by molar-refractivity contribution is 7.89. The van der Waals surface area contributed by atoms with Crippen LogP contribution in [0.1, 0.15) is 36.5 Å². The third kappa shape index (κ3) is 4.35. The van der Waals surface area contributed by atoms with Crippen molar-refractivity contribution in [3.05, 3.63) is 65.7 Å². The number of sulfonamides is 1. The van der Waals surface area contributed by atoms with Crippen LogP contribution >= 0.6 is 0 Å². The zero-order valence-corrected chi connectivity index (χ0v) is 17.6. The van der Waals surface area contributed by atoms with Crippen LogP contribution in [0.2, 0.25) is 0 Å². The summed E-state index contributed by atoms with van der Waals surface area (Å²) in [7, 11) is -3.56. The Morgan fingerprint density at radius 1 is 1.16 bits per heavy atom. The fourth-order valence-corrected chi connectivity index (χ4v) is 5.61. The molecule has 0 aliphatic carbocycles. The molecule has 2 aromatic carbocycles. The van der Waals surface area contributed by atoms with Crippen molar-refractivity contribution in [3.63, 3.8) is 0 Å². The number of piperidine rings is 1. The molecule has 3 N–H and O–H groups in total. The normalized spacial score (nSPS) is 20.9. The third-order valence-corrected chi connectivity index (χ3v) is 7.75. The standard InChI is InChI=1S/C22H24N2O6S/c25-19-15-22(30-20-8-6-16(14-18(19)20)7-9-21(26)23-27)10-12-24(13-11-22)31(28,29)17-4-2-1-3-5-17/h1-9,14,19,25,27H,10-13,15H2,(H,23,26)/b9-7+. The van der Waals surface area contributed by atoms with E-state index in [-0.39, 0.29) is 4.90 Å². The van der Waals surface area contributed by atoms with Gasteiger partial charge in [0.1, 0.15) is 11.4 Å². The fraction of sp³-hybridized carbons (Fsp3) is 0.318. The van der Waals surface area contributed by atoms with E-state index in [0.717, 1.165) is 0 Å². The Morgan fingerprint density at radius 3 is 2.55 bits per heavy atom. The molecule has 31 heavy (non-hydrogen) atoms. The highest BCUT2D eigenvalue weighted by atomic mass is 32.2. The summed E-state index contributed by atoms with van der Waals surface area (Å²) in [5.41, 5.74) is 2.21. The average Bonchev–Trinajstić information content (AvgIpc) is 2.78. The van der Waals surface area contributed by atoms with E-state index in [0.29, 0.717) is 49.2 Å². The van der Waals surface area contributed by atoms with Gasteiger partial charge in [0.15, 0.2) is 0 Å². The molecule has 1 amide bonds. The van der Waals surface area contributed by atoms with Gasteiger partial charge in [0.2, 0.25) is 10.0 Å². The van der Waals surface area contributed by atoms with E-state index in [4.69, 9.17) is 9.94 Å². The van der Waals surface area contributed by atoms with E-state index in [1.807, 2.05) is 0 Å². The van der Waals surface area contributed by atoms with Crippen LogP contribution in [0.25, 0.3) is 6.08 Å². The average molecular weight is 445 g/mol. The number of nitrogens with zero attached hydrogens (tertiary/aromatic N) is 1. The molecule has 9 heteroatoms. The van der Waals surface area contributed by atoms with Gasteiger partial charge in [-0.1, -0.05) is 24.3 Å². The lowest BCUT2D eigenvalue weighted by atomic mass is 9.82. The molecule has 0 radical (unpaired) electrons. The predicted octanol–water partition coefficient (Wildman–Crippen LogP) is 2.24. The Kier molecular flexibility index (Phi) is 5.85. The number of rotatable bonds is 4. The first-order chi connectivity index (χ1) is 14.8. The molecule has 1 atom stereocenters. The van der Waals surface area contributed by atoms with Gasteiger partial charge in [-0.2, -0.15) is 4.31 Å². The number of hydroxylamine groups is 1. The molecule has 4 rings (SSSR count). The van der Waals surface area contributed by atoms with Crippen LogP contribution in [0, 0.1) is 0 Å². The van der Waals surface area contributed by atoms with Crippen molar-refractivity contribution in [2.45, 2.75) is 35.9 Å². The molecule has 1 unspecified atom stereocenters. The van der Waals surface area contributed by atoms with Crippen LogP contribution < -0.4 is 10.2 Å². The van der Waals surface area contributed by atoms with Crippen LogP contribution in [0.4, 0.5) is 0 Å². The number of amides is 1. The minimum absolute atomic E-state index is 0.274. The van der Waals surface area contributed by atoms with E-state index in [2.05, 4.69) is 0 Å². The summed E-state index contributed by atoms with van der Waals surface area (Å²) in [5, 5.41) is 19.3. The maximum Gasteiger partial charge on any atom is 0.267 e. The van der Waals surface area contributed by atoms with Crippen LogP contribution in [0.3, 0.4) is 0 Å².